The standard InChI is InChI=1S/C31H31F6N3O6/c1-5-45-29(42)40-18(2)10-24(23-14-26(43-3)27(15-25(23)40)46-17-22-8-6-7-9-38-22)39(28(41)44-4)16-19-11-20(30(32,33)34)13-21(12-19)31(35,36)37/h6-9,11-15,18,24H,5,10,16-17H2,1-4H3. The molecule has 0 radical (unpaired) electrons. The summed E-state index contributed by atoms with van der Waals surface area (Å²) >= 11 is 0. The molecule has 1 aliphatic rings. The number of benzene rings is 2. The molecule has 1 aliphatic heterocycles. The molecule has 1 aromatic heterocycles. The third-order valence-corrected chi connectivity index (χ3v) is 7.29. The number of methoxy groups -OCH3 is 2. The van der Waals surface area contributed by atoms with Crippen LogP contribution in [0.2, 0.25) is 0 Å². The van der Waals surface area contributed by atoms with Gasteiger partial charge in [0.1, 0.15) is 6.61 Å². The summed E-state index contributed by atoms with van der Waals surface area (Å²) in [6, 6.07) is 7.70. The van der Waals surface area contributed by atoms with E-state index in [1.54, 1.807) is 38.2 Å². The number of anilines is 1. The number of alkyl halides is 6. The number of aromatic nitrogens is 1. The minimum Gasteiger partial charge on any atom is -0.493 e. The number of pyridine rings is 1. The quantitative estimate of drug-likeness (QED) is 0.229. The topological polar surface area (TPSA) is 90.4 Å². The Hall–Kier alpha value is -4.69. The summed E-state index contributed by atoms with van der Waals surface area (Å²) in [6.45, 7) is 2.67. The van der Waals surface area contributed by atoms with E-state index in [0.29, 0.717) is 23.4 Å². The SMILES string of the molecule is CCOC(=O)N1c2cc(OCc3ccccn3)c(OC)cc2C(N(Cc2cc(C(F)(F)F)cc(C(F)(F)F)c2)C(=O)OC)CC1C. The summed E-state index contributed by atoms with van der Waals surface area (Å²) < 4.78 is 103. The monoisotopic (exact) mass is 655 g/mol. The largest absolute Gasteiger partial charge is 0.493 e. The van der Waals surface area contributed by atoms with Gasteiger partial charge in [0.05, 0.1) is 49.4 Å². The predicted octanol–water partition coefficient (Wildman–Crippen LogP) is 7.77. The van der Waals surface area contributed by atoms with Gasteiger partial charge in [-0.2, -0.15) is 26.3 Å². The average molecular weight is 656 g/mol. The van der Waals surface area contributed by atoms with Gasteiger partial charge >= 0.3 is 24.5 Å². The number of carbonyl (C=O) groups excluding carboxylic acids is 2. The van der Waals surface area contributed by atoms with Gasteiger partial charge in [-0.15, -0.1) is 0 Å². The first-order valence-corrected chi connectivity index (χ1v) is 14.0. The Balaban J connectivity index is 1.84. The van der Waals surface area contributed by atoms with Crippen molar-refractivity contribution in [2.75, 3.05) is 25.7 Å². The zero-order chi connectivity index (χ0) is 33.8. The predicted molar refractivity (Wildman–Crippen MR) is 152 cm³/mol. The highest BCUT2D eigenvalue weighted by Crippen LogP contribution is 2.47. The van der Waals surface area contributed by atoms with E-state index in [-0.39, 0.29) is 42.9 Å². The van der Waals surface area contributed by atoms with Crippen molar-refractivity contribution >= 4 is 17.9 Å². The first kappa shape index (κ1) is 34.2. The number of hydrogen-bond donors (Lipinski definition) is 0. The minimum absolute atomic E-state index is 0.0124. The van der Waals surface area contributed by atoms with Gasteiger partial charge in [-0.25, -0.2) is 9.59 Å². The fourth-order valence-electron chi connectivity index (χ4n) is 5.23. The lowest BCUT2D eigenvalue weighted by atomic mass is 9.90. The smallest absolute Gasteiger partial charge is 0.416 e. The maximum absolute atomic E-state index is 13.6. The lowest BCUT2D eigenvalue weighted by Crippen LogP contribution is -2.47. The summed E-state index contributed by atoms with van der Waals surface area (Å²) in [7, 11) is 2.40. The highest BCUT2D eigenvalue weighted by atomic mass is 19.4. The molecule has 2 unspecified atom stereocenters. The van der Waals surface area contributed by atoms with Crippen molar-refractivity contribution in [3.05, 3.63) is 82.7 Å². The normalized spacial score (nSPS) is 16.3. The Morgan fingerprint density at radius 2 is 1.65 bits per heavy atom. The second-order valence-electron chi connectivity index (χ2n) is 10.4. The van der Waals surface area contributed by atoms with Crippen LogP contribution in [0, 0.1) is 0 Å². The molecule has 248 valence electrons. The van der Waals surface area contributed by atoms with E-state index in [1.807, 2.05) is 0 Å². The van der Waals surface area contributed by atoms with Crippen molar-refractivity contribution in [1.82, 2.24) is 9.88 Å². The van der Waals surface area contributed by atoms with Crippen LogP contribution in [0.3, 0.4) is 0 Å². The molecular formula is C31H31F6N3O6. The molecule has 0 bridgehead atoms. The van der Waals surface area contributed by atoms with Gasteiger partial charge in [0.25, 0.3) is 0 Å². The Morgan fingerprint density at radius 1 is 0.978 bits per heavy atom. The van der Waals surface area contributed by atoms with E-state index in [2.05, 4.69) is 4.98 Å². The molecule has 46 heavy (non-hydrogen) atoms. The zero-order valence-corrected chi connectivity index (χ0v) is 25.2. The third-order valence-electron chi connectivity index (χ3n) is 7.29. The number of rotatable bonds is 8. The molecule has 0 spiro atoms. The Labute approximate surface area is 260 Å². The number of nitrogens with zero attached hydrogens (tertiary/aromatic N) is 3. The molecule has 15 heteroatoms. The van der Waals surface area contributed by atoms with Crippen LogP contribution >= 0.6 is 0 Å². The van der Waals surface area contributed by atoms with Crippen LogP contribution in [0.5, 0.6) is 11.5 Å². The van der Waals surface area contributed by atoms with Crippen molar-refractivity contribution in [3.8, 4) is 11.5 Å². The Morgan fingerprint density at radius 3 is 2.20 bits per heavy atom. The summed E-state index contributed by atoms with van der Waals surface area (Å²) in [4.78, 5) is 32.9. The molecule has 4 rings (SSSR count). The summed E-state index contributed by atoms with van der Waals surface area (Å²) in [5.74, 6) is 0.382. The highest BCUT2D eigenvalue weighted by Gasteiger charge is 2.42. The first-order valence-electron chi connectivity index (χ1n) is 14.0. The van der Waals surface area contributed by atoms with Crippen molar-refractivity contribution in [2.24, 2.45) is 0 Å². The molecule has 0 saturated heterocycles. The number of amides is 2. The van der Waals surface area contributed by atoms with E-state index >= 15 is 0 Å². The van der Waals surface area contributed by atoms with Crippen LogP contribution in [0.15, 0.2) is 54.7 Å². The van der Waals surface area contributed by atoms with E-state index in [9.17, 15) is 35.9 Å². The van der Waals surface area contributed by atoms with Gasteiger partial charge in [-0.3, -0.25) is 14.8 Å². The second kappa shape index (κ2) is 13.7. The molecule has 2 heterocycles. The molecular weight excluding hydrogens is 624 g/mol. The molecule has 0 fully saturated rings. The third kappa shape index (κ3) is 7.57. The maximum Gasteiger partial charge on any atom is 0.416 e. The summed E-state index contributed by atoms with van der Waals surface area (Å²) in [5.41, 5.74) is -2.37. The van der Waals surface area contributed by atoms with Crippen molar-refractivity contribution in [2.45, 2.75) is 57.9 Å². The fraction of sp³-hybridized carbons (Fsp3) is 0.387. The average Bonchev–Trinajstić information content (AvgIpc) is 3.01. The lowest BCUT2D eigenvalue weighted by Gasteiger charge is -2.42. The summed E-state index contributed by atoms with van der Waals surface area (Å²) in [5, 5.41) is 0. The van der Waals surface area contributed by atoms with Crippen LogP contribution in [-0.4, -0.2) is 48.9 Å². The molecule has 0 aliphatic carbocycles. The molecule has 9 nitrogen and oxygen atoms in total. The zero-order valence-electron chi connectivity index (χ0n) is 25.2. The van der Waals surface area contributed by atoms with Gasteiger partial charge in [0.15, 0.2) is 11.5 Å². The molecule has 3 aromatic rings. The van der Waals surface area contributed by atoms with E-state index in [4.69, 9.17) is 18.9 Å². The van der Waals surface area contributed by atoms with Crippen LogP contribution in [0.25, 0.3) is 0 Å². The number of halogens is 6. The molecule has 0 N–H and O–H groups in total. The first-order chi connectivity index (χ1) is 21.7. The van der Waals surface area contributed by atoms with E-state index in [0.717, 1.165) is 12.0 Å². The van der Waals surface area contributed by atoms with Crippen molar-refractivity contribution < 1.29 is 54.9 Å². The molecule has 2 aromatic carbocycles. The number of ether oxygens (including phenoxy) is 4. The van der Waals surface area contributed by atoms with Gasteiger partial charge in [-0.05, 0) is 62.2 Å². The number of carbonyl (C=O) groups is 2. The van der Waals surface area contributed by atoms with Crippen molar-refractivity contribution in [3.63, 3.8) is 0 Å². The number of hydrogen-bond acceptors (Lipinski definition) is 7. The fourth-order valence-corrected chi connectivity index (χ4v) is 5.23. The van der Waals surface area contributed by atoms with E-state index in [1.165, 1.54) is 24.1 Å². The second-order valence-corrected chi connectivity index (χ2v) is 10.4. The lowest BCUT2D eigenvalue weighted by molar-refractivity contribution is -0.143. The van der Waals surface area contributed by atoms with Gasteiger partial charge in [0.2, 0.25) is 0 Å². The number of fused-ring (bicyclic) bond motifs is 1. The van der Waals surface area contributed by atoms with Gasteiger partial charge in [-0.1, -0.05) is 6.07 Å². The molecule has 0 saturated carbocycles. The van der Waals surface area contributed by atoms with Crippen LogP contribution in [0.4, 0.5) is 41.6 Å². The van der Waals surface area contributed by atoms with E-state index < -0.39 is 59.9 Å². The summed E-state index contributed by atoms with van der Waals surface area (Å²) in [6.07, 6.45) is -10.3. The highest BCUT2D eigenvalue weighted by molar-refractivity contribution is 5.91. The van der Waals surface area contributed by atoms with Gasteiger partial charge < -0.3 is 18.9 Å². The van der Waals surface area contributed by atoms with Crippen LogP contribution < -0.4 is 14.4 Å². The van der Waals surface area contributed by atoms with Crippen LogP contribution in [-0.2, 0) is 35.0 Å². The Kier molecular flexibility index (Phi) is 10.2. The maximum atomic E-state index is 13.6. The Bertz CT molecular complexity index is 1520. The molecule has 2 amide bonds. The van der Waals surface area contributed by atoms with Crippen LogP contribution in [0.1, 0.15) is 54.3 Å². The van der Waals surface area contributed by atoms with Crippen molar-refractivity contribution in [1.29, 1.82) is 0 Å². The minimum atomic E-state index is -5.09. The molecule has 2 atom stereocenters. The van der Waals surface area contributed by atoms with Gasteiger partial charge in [0, 0.05) is 30.4 Å².